The zero-order valence-electron chi connectivity index (χ0n) is 17.7. The lowest BCUT2D eigenvalue weighted by molar-refractivity contribution is -0.147. The van der Waals surface area contributed by atoms with Gasteiger partial charge in [0.1, 0.15) is 0 Å². The molecule has 2 atom stereocenters. The van der Waals surface area contributed by atoms with E-state index >= 15 is 0 Å². The molecule has 1 aromatic heterocycles. The standard InChI is InChI=1S/C22H26N2O6/c1-12-19(22(28)29-5)13(2)23-20(12)21(27)14(3)30-18(26)11-17(24-15(4)25)16-9-7-6-8-10-16/h6-10,14,17,23H,11H2,1-5H3,(H,24,25)/t14-,17-/m1/s1. The van der Waals surface area contributed by atoms with Crippen LogP contribution in [0, 0.1) is 13.8 Å². The van der Waals surface area contributed by atoms with Crippen LogP contribution in [0.3, 0.4) is 0 Å². The number of ketones is 1. The highest BCUT2D eigenvalue weighted by Gasteiger charge is 2.28. The molecule has 0 fully saturated rings. The van der Waals surface area contributed by atoms with Crippen LogP contribution in [0.15, 0.2) is 30.3 Å². The molecule has 1 aromatic carbocycles. The summed E-state index contributed by atoms with van der Waals surface area (Å²) in [4.78, 5) is 51.5. The first-order chi connectivity index (χ1) is 14.1. The number of rotatable bonds is 8. The minimum Gasteiger partial charge on any atom is -0.465 e. The Bertz CT molecular complexity index is 948. The van der Waals surface area contributed by atoms with Crippen molar-refractivity contribution in [3.63, 3.8) is 0 Å². The largest absolute Gasteiger partial charge is 0.465 e. The molecule has 2 N–H and O–H groups in total. The van der Waals surface area contributed by atoms with Crippen LogP contribution in [0.5, 0.6) is 0 Å². The first kappa shape index (κ1) is 22.9. The molecule has 0 saturated heterocycles. The minimum absolute atomic E-state index is 0.128. The van der Waals surface area contributed by atoms with E-state index in [-0.39, 0.29) is 23.6 Å². The number of hydrogen-bond acceptors (Lipinski definition) is 6. The molecule has 0 aliphatic rings. The van der Waals surface area contributed by atoms with E-state index in [0.717, 1.165) is 5.56 Å². The third kappa shape index (κ3) is 5.34. The van der Waals surface area contributed by atoms with Gasteiger partial charge in [0.15, 0.2) is 6.10 Å². The van der Waals surface area contributed by atoms with E-state index in [4.69, 9.17) is 9.47 Å². The first-order valence-electron chi connectivity index (χ1n) is 9.48. The van der Waals surface area contributed by atoms with Crippen LogP contribution >= 0.6 is 0 Å². The Morgan fingerprint density at radius 2 is 1.73 bits per heavy atom. The van der Waals surface area contributed by atoms with Crippen molar-refractivity contribution in [2.45, 2.75) is 46.3 Å². The summed E-state index contributed by atoms with van der Waals surface area (Å²) in [6, 6.07) is 8.45. The second kappa shape index (κ2) is 9.87. The molecule has 30 heavy (non-hydrogen) atoms. The van der Waals surface area contributed by atoms with E-state index in [0.29, 0.717) is 11.3 Å². The second-order valence-corrected chi connectivity index (χ2v) is 6.98. The monoisotopic (exact) mass is 414 g/mol. The summed E-state index contributed by atoms with van der Waals surface area (Å²) >= 11 is 0. The third-order valence-corrected chi connectivity index (χ3v) is 4.70. The van der Waals surface area contributed by atoms with Gasteiger partial charge in [-0.05, 0) is 31.9 Å². The van der Waals surface area contributed by atoms with Crippen molar-refractivity contribution in [2.75, 3.05) is 7.11 Å². The van der Waals surface area contributed by atoms with Gasteiger partial charge in [0.25, 0.3) is 0 Å². The maximum atomic E-state index is 12.8. The molecule has 8 nitrogen and oxygen atoms in total. The van der Waals surface area contributed by atoms with Crippen molar-refractivity contribution < 1.29 is 28.7 Å². The van der Waals surface area contributed by atoms with Crippen LogP contribution < -0.4 is 5.32 Å². The number of aryl methyl sites for hydroxylation is 1. The van der Waals surface area contributed by atoms with Gasteiger partial charge in [-0.1, -0.05) is 30.3 Å². The summed E-state index contributed by atoms with van der Waals surface area (Å²) in [6.07, 6.45) is -1.20. The van der Waals surface area contributed by atoms with Crippen molar-refractivity contribution in [2.24, 2.45) is 0 Å². The van der Waals surface area contributed by atoms with Gasteiger partial charge in [-0.2, -0.15) is 0 Å². The summed E-state index contributed by atoms with van der Waals surface area (Å²) in [5, 5.41) is 2.72. The molecular weight excluding hydrogens is 388 g/mol. The number of carbonyl (C=O) groups is 4. The molecule has 1 amide bonds. The number of ether oxygens (including phenoxy) is 2. The maximum absolute atomic E-state index is 12.8. The van der Waals surface area contributed by atoms with Gasteiger partial charge < -0.3 is 19.8 Å². The number of benzene rings is 1. The van der Waals surface area contributed by atoms with Crippen LogP contribution in [-0.2, 0) is 19.1 Å². The Morgan fingerprint density at radius 3 is 2.30 bits per heavy atom. The Kier molecular flexibility index (Phi) is 7.52. The van der Waals surface area contributed by atoms with E-state index in [1.807, 2.05) is 6.07 Å². The SMILES string of the molecule is COC(=O)c1c(C)[nH]c(C(=O)[C@@H](C)OC(=O)C[C@@H](NC(C)=O)c2ccccc2)c1C. The summed E-state index contributed by atoms with van der Waals surface area (Å²) in [6.45, 7) is 6.11. The second-order valence-electron chi connectivity index (χ2n) is 6.98. The fourth-order valence-electron chi connectivity index (χ4n) is 3.26. The molecule has 0 spiro atoms. The van der Waals surface area contributed by atoms with Gasteiger partial charge in [0, 0.05) is 12.6 Å². The number of aromatic nitrogens is 1. The molecule has 0 radical (unpaired) electrons. The fraction of sp³-hybridized carbons (Fsp3) is 0.364. The Labute approximate surface area is 175 Å². The van der Waals surface area contributed by atoms with Crippen LogP contribution in [0.2, 0.25) is 0 Å². The number of H-pyrrole nitrogens is 1. The maximum Gasteiger partial charge on any atom is 0.339 e. The van der Waals surface area contributed by atoms with Crippen molar-refractivity contribution in [1.82, 2.24) is 10.3 Å². The van der Waals surface area contributed by atoms with E-state index < -0.39 is 29.9 Å². The lowest BCUT2D eigenvalue weighted by Gasteiger charge is -2.19. The number of carbonyl (C=O) groups excluding carboxylic acids is 4. The Hall–Kier alpha value is -3.42. The van der Waals surface area contributed by atoms with Gasteiger partial charge in [-0.25, -0.2) is 4.79 Å². The molecule has 160 valence electrons. The Morgan fingerprint density at radius 1 is 1.10 bits per heavy atom. The highest BCUT2D eigenvalue weighted by molar-refractivity contribution is 6.04. The highest BCUT2D eigenvalue weighted by atomic mass is 16.5. The van der Waals surface area contributed by atoms with Gasteiger partial charge in [0.05, 0.1) is 30.8 Å². The van der Waals surface area contributed by atoms with E-state index in [1.165, 1.54) is 21.0 Å². The van der Waals surface area contributed by atoms with Gasteiger partial charge >= 0.3 is 11.9 Å². The van der Waals surface area contributed by atoms with Gasteiger partial charge in [0.2, 0.25) is 11.7 Å². The zero-order chi connectivity index (χ0) is 22.4. The van der Waals surface area contributed by atoms with Crippen LogP contribution in [0.4, 0.5) is 0 Å². The van der Waals surface area contributed by atoms with Crippen LogP contribution in [0.1, 0.15) is 64.0 Å². The minimum atomic E-state index is -1.08. The van der Waals surface area contributed by atoms with Crippen molar-refractivity contribution in [3.05, 3.63) is 58.4 Å². The molecule has 1 heterocycles. The highest BCUT2D eigenvalue weighted by Crippen LogP contribution is 2.22. The topological polar surface area (TPSA) is 115 Å². The third-order valence-electron chi connectivity index (χ3n) is 4.70. The number of esters is 2. The fourth-order valence-corrected chi connectivity index (χ4v) is 3.26. The molecule has 0 bridgehead atoms. The predicted molar refractivity (Wildman–Crippen MR) is 109 cm³/mol. The molecule has 0 aliphatic heterocycles. The molecule has 0 unspecified atom stereocenters. The first-order valence-corrected chi connectivity index (χ1v) is 9.48. The van der Waals surface area contributed by atoms with Gasteiger partial charge in [-0.15, -0.1) is 0 Å². The predicted octanol–water partition coefficient (Wildman–Crippen LogP) is 2.80. The average molecular weight is 414 g/mol. The number of aromatic amines is 1. The molecule has 2 rings (SSSR count). The molecule has 0 aliphatic carbocycles. The Balaban J connectivity index is 2.12. The van der Waals surface area contributed by atoms with Crippen LogP contribution in [-0.4, -0.2) is 41.8 Å². The van der Waals surface area contributed by atoms with Gasteiger partial charge in [-0.3, -0.25) is 14.4 Å². The molecule has 0 saturated carbocycles. The number of amides is 1. The summed E-state index contributed by atoms with van der Waals surface area (Å²) < 4.78 is 10.1. The van der Waals surface area contributed by atoms with Crippen molar-refractivity contribution in [3.8, 4) is 0 Å². The normalized spacial score (nSPS) is 12.6. The number of hydrogen-bond donors (Lipinski definition) is 2. The summed E-state index contributed by atoms with van der Waals surface area (Å²) in [5.74, 6) is -1.93. The van der Waals surface area contributed by atoms with E-state index in [1.54, 1.807) is 38.1 Å². The number of methoxy groups -OCH3 is 1. The molecule has 8 heteroatoms. The van der Waals surface area contributed by atoms with Crippen molar-refractivity contribution >= 4 is 23.6 Å². The average Bonchev–Trinajstić information content (AvgIpc) is 3.00. The molecule has 2 aromatic rings. The van der Waals surface area contributed by atoms with E-state index in [2.05, 4.69) is 10.3 Å². The van der Waals surface area contributed by atoms with E-state index in [9.17, 15) is 19.2 Å². The van der Waals surface area contributed by atoms with Crippen LogP contribution in [0.25, 0.3) is 0 Å². The molecular formula is C22H26N2O6. The summed E-state index contributed by atoms with van der Waals surface area (Å²) in [7, 11) is 1.26. The zero-order valence-corrected chi connectivity index (χ0v) is 17.7. The smallest absolute Gasteiger partial charge is 0.339 e. The number of nitrogens with one attached hydrogen (secondary N) is 2. The van der Waals surface area contributed by atoms with Crippen molar-refractivity contribution in [1.29, 1.82) is 0 Å². The lowest BCUT2D eigenvalue weighted by atomic mass is 10.0. The summed E-state index contributed by atoms with van der Waals surface area (Å²) in [5.41, 5.74) is 2.16. The number of Topliss-reactive ketones (excluding diaryl/α,β-unsaturated/α-hetero) is 1. The lowest BCUT2D eigenvalue weighted by Crippen LogP contribution is -2.31. The quantitative estimate of drug-likeness (QED) is 0.507.